The van der Waals surface area contributed by atoms with Crippen molar-refractivity contribution < 1.29 is 18.6 Å². The summed E-state index contributed by atoms with van der Waals surface area (Å²) in [7, 11) is 1.64. The minimum Gasteiger partial charge on any atom is -0.493 e. The van der Waals surface area contributed by atoms with Crippen molar-refractivity contribution in [3.63, 3.8) is 0 Å². The highest BCUT2D eigenvalue weighted by Gasteiger charge is 2.12. The van der Waals surface area contributed by atoms with Crippen LogP contribution in [-0.4, -0.2) is 33.5 Å². The molecule has 2 N–H and O–H groups in total. The summed E-state index contributed by atoms with van der Waals surface area (Å²) in [4.78, 5) is 0. The lowest BCUT2D eigenvalue weighted by Crippen LogP contribution is -2.11. The maximum absolute atomic E-state index is 13.5. The standard InChI is InChI=1S/C15H24FNO3/c1-11-9-15(13(12(2)17)10-14(11)16)20-6-4-5-19-8-7-18-3/h9-10,12H,4-8,17H2,1-3H3/t12-/m0/s1. The second-order valence-corrected chi connectivity index (χ2v) is 4.74. The van der Waals surface area contributed by atoms with E-state index < -0.39 is 0 Å². The van der Waals surface area contributed by atoms with Crippen LogP contribution in [0.3, 0.4) is 0 Å². The molecule has 1 aromatic carbocycles. The zero-order valence-corrected chi connectivity index (χ0v) is 12.4. The molecule has 0 amide bonds. The fourth-order valence-electron chi connectivity index (χ4n) is 1.74. The second-order valence-electron chi connectivity index (χ2n) is 4.74. The smallest absolute Gasteiger partial charge is 0.126 e. The first-order chi connectivity index (χ1) is 9.56. The molecule has 0 fully saturated rings. The minimum absolute atomic E-state index is 0.257. The van der Waals surface area contributed by atoms with Gasteiger partial charge in [-0.2, -0.15) is 0 Å². The zero-order chi connectivity index (χ0) is 15.0. The summed E-state index contributed by atoms with van der Waals surface area (Å²) in [5, 5.41) is 0. The molecule has 0 aliphatic carbocycles. The summed E-state index contributed by atoms with van der Waals surface area (Å²) in [6.45, 7) is 5.81. The number of ether oxygens (including phenoxy) is 3. The molecular weight excluding hydrogens is 261 g/mol. The predicted molar refractivity (Wildman–Crippen MR) is 76.5 cm³/mol. The maximum atomic E-state index is 13.5. The summed E-state index contributed by atoms with van der Waals surface area (Å²) in [6, 6.07) is 2.88. The third-order valence-electron chi connectivity index (χ3n) is 2.90. The van der Waals surface area contributed by atoms with E-state index in [9.17, 15) is 4.39 Å². The molecule has 20 heavy (non-hydrogen) atoms. The molecule has 0 saturated carbocycles. The predicted octanol–water partition coefficient (Wildman–Crippen LogP) is 2.59. The third-order valence-corrected chi connectivity index (χ3v) is 2.90. The van der Waals surface area contributed by atoms with Gasteiger partial charge in [-0.25, -0.2) is 4.39 Å². The topological polar surface area (TPSA) is 53.7 Å². The quantitative estimate of drug-likeness (QED) is 0.709. The van der Waals surface area contributed by atoms with Gasteiger partial charge in [0.05, 0.1) is 19.8 Å². The summed E-state index contributed by atoms with van der Waals surface area (Å²) in [6.07, 6.45) is 0.762. The van der Waals surface area contributed by atoms with E-state index in [4.69, 9.17) is 19.9 Å². The molecule has 0 spiro atoms. The van der Waals surface area contributed by atoms with Crippen LogP contribution in [0.5, 0.6) is 5.75 Å². The average molecular weight is 285 g/mol. The van der Waals surface area contributed by atoms with Crippen LogP contribution in [0, 0.1) is 12.7 Å². The van der Waals surface area contributed by atoms with Crippen molar-refractivity contribution in [3.05, 3.63) is 29.1 Å². The van der Waals surface area contributed by atoms with Crippen LogP contribution >= 0.6 is 0 Å². The normalized spacial score (nSPS) is 12.4. The summed E-state index contributed by atoms with van der Waals surface area (Å²) in [5.41, 5.74) is 7.08. The lowest BCUT2D eigenvalue weighted by atomic mass is 10.1. The largest absolute Gasteiger partial charge is 0.493 e. The summed E-state index contributed by atoms with van der Waals surface area (Å²) in [5.74, 6) is 0.392. The number of aryl methyl sites for hydroxylation is 1. The molecule has 0 unspecified atom stereocenters. The van der Waals surface area contributed by atoms with Gasteiger partial charge in [-0.05, 0) is 31.5 Å². The maximum Gasteiger partial charge on any atom is 0.126 e. The molecule has 0 saturated heterocycles. The van der Waals surface area contributed by atoms with E-state index in [0.29, 0.717) is 43.3 Å². The highest BCUT2D eigenvalue weighted by molar-refractivity contribution is 5.39. The molecule has 0 aliphatic rings. The Morgan fingerprint density at radius 1 is 1.20 bits per heavy atom. The highest BCUT2D eigenvalue weighted by Crippen LogP contribution is 2.27. The number of hydrogen-bond acceptors (Lipinski definition) is 4. The van der Waals surface area contributed by atoms with Crippen molar-refractivity contribution in [3.8, 4) is 5.75 Å². The number of methoxy groups -OCH3 is 1. The number of nitrogens with two attached hydrogens (primary N) is 1. The number of benzene rings is 1. The van der Waals surface area contributed by atoms with Crippen molar-refractivity contribution in [2.75, 3.05) is 33.5 Å². The van der Waals surface area contributed by atoms with E-state index in [1.54, 1.807) is 20.1 Å². The van der Waals surface area contributed by atoms with Crippen LogP contribution in [0.2, 0.25) is 0 Å². The minimum atomic E-state index is -0.266. The Morgan fingerprint density at radius 2 is 1.95 bits per heavy atom. The van der Waals surface area contributed by atoms with Crippen molar-refractivity contribution >= 4 is 0 Å². The molecule has 0 aromatic heterocycles. The zero-order valence-electron chi connectivity index (χ0n) is 12.4. The number of hydrogen-bond donors (Lipinski definition) is 1. The molecular formula is C15H24FNO3. The Morgan fingerprint density at radius 3 is 2.60 bits per heavy atom. The van der Waals surface area contributed by atoms with E-state index >= 15 is 0 Å². The van der Waals surface area contributed by atoms with Gasteiger partial charge in [0.1, 0.15) is 11.6 Å². The van der Waals surface area contributed by atoms with Gasteiger partial charge in [0.2, 0.25) is 0 Å². The lowest BCUT2D eigenvalue weighted by molar-refractivity contribution is 0.0643. The first-order valence-corrected chi connectivity index (χ1v) is 6.81. The molecule has 0 bridgehead atoms. The van der Waals surface area contributed by atoms with Gasteiger partial charge in [-0.15, -0.1) is 0 Å². The van der Waals surface area contributed by atoms with Crippen LogP contribution in [0.15, 0.2) is 12.1 Å². The summed E-state index contributed by atoms with van der Waals surface area (Å²) >= 11 is 0. The van der Waals surface area contributed by atoms with E-state index in [1.165, 1.54) is 6.07 Å². The first kappa shape index (κ1) is 16.9. The van der Waals surface area contributed by atoms with E-state index in [-0.39, 0.29) is 11.9 Å². The second kappa shape index (κ2) is 8.89. The molecule has 5 heteroatoms. The Kier molecular flexibility index (Phi) is 7.51. The van der Waals surface area contributed by atoms with Crippen molar-refractivity contribution in [1.82, 2.24) is 0 Å². The molecule has 1 rings (SSSR count). The fourth-order valence-corrected chi connectivity index (χ4v) is 1.74. The van der Waals surface area contributed by atoms with Gasteiger partial charge in [0.15, 0.2) is 0 Å². The number of rotatable bonds is 9. The van der Waals surface area contributed by atoms with Crippen molar-refractivity contribution in [2.24, 2.45) is 5.73 Å². The van der Waals surface area contributed by atoms with Crippen LogP contribution in [0.1, 0.15) is 30.5 Å². The van der Waals surface area contributed by atoms with E-state index in [0.717, 1.165) is 6.42 Å². The van der Waals surface area contributed by atoms with E-state index in [2.05, 4.69) is 0 Å². The Hall–Kier alpha value is -1.17. The Labute approximate surface area is 120 Å². The van der Waals surface area contributed by atoms with E-state index in [1.807, 2.05) is 6.92 Å². The molecule has 114 valence electrons. The van der Waals surface area contributed by atoms with Crippen LogP contribution in [0.25, 0.3) is 0 Å². The fraction of sp³-hybridized carbons (Fsp3) is 0.600. The SMILES string of the molecule is COCCOCCCOc1cc(C)c(F)cc1[C@H](C)N. The van der Waals surface area contributed by atoms with Crippen LogP contribution in [-0.2, 0) is 9.47 Å². The lowest BCUT2D eigenvalue weighted by Gasteiger charge is -2.15. The molecule has 1 aromatic rings. The Balaban J connectivity index is 2.45. The van der Waals surface area contributed by atoms with Crippen LogP contribution in [0.4, 0.5) is 4.39 Å². The number of halogens is 1. The molecule has 0 radical (unpaired) electrons. The van der Waals surface area contributed by atoms with Crippen molar-refractivity contribution in [1.29, 1.82) is 0 Å². The molecule has 0 heterocycles. The molecule has 1 atom stereocenters. The molecule has 4 nitrogen and oxygen atoms in total. The first-order valence-electron chi connectivity index (χ1n) is 6.81. The molecule has 0 aliphatic heterocycles. The van der Waals surface area contributed by atoms with Gasteiger partial charge in [-0.3, -0.25) is 0 Å². The monoisotopic (exact) mass is 285 g/mol. The van der Waals surface area contributed by atoms with Gasteiger partial charge in [0, 0.05) is 31.7 Å². The van der Waals surface area contributed by atoms with Crippen LogP contribution < -0.4 is 10.5 Å². The van der Waals surface area contributed by atoms with Gasteiger partial charge < -0.3 is 19.9 Å². The van der Waals surface area contributed by atoms with Gasteiger partial charge in [-0.1, -0.05) is 0 Å². The highest BCUT2D eigenvalue weighted by atomic mass is 19.1. The van der Waals surface area contributed by atoms with Crippen molar-refractivity contribution in [2.45, 2.75) is 26.3 Å². The summed E-state index contributed by atoms with van der Waals surface area (Å²) < 4.78 is 29.4. The van der Waals surface area contributed by atoms with Gasteiger partial charge in [0.25, 0.3) is 0 Å². The Bertz CT molecular complexity index is 410. The van der Waals surface area contributed by atoms with Gasteiger partial charge >= 0.3 is 0 Å². The average Bonchev–Trinajstić information content (AvgIpc) is 2.41. The third kappa shape index (κ3) is 5.45.